The molecule has 0 unspecified atom stereocenters. The van der Waals surface area contributed by atoms with Crippen molar-refractivity contribution >= 4 is 27.3 Å². The quantitative estimate of drug-likeness (QED) is 0.274. The molecular weight excluding hydrogens is 569 g/mol. The van der Waals surface area contributed by atoms with Gasteiger partial charge in [0.25, 0.3) is 5.91 Å². The monoisotopic (exact) mass is 592 g/mol. The van der Waals surface area contributed by atoms with Gasteiger partial charge >= 0.3 is 17.0 Å². The number of carbonyl (C=O) groups excluding carboxylic acids is 1. The maximum atomic E-state index is 15.3. The number of alkyl halides is 2. The van der Waals surface area contributed by atoms with Crippen LogP contribution in [0.5, 0.6) is 5.75 Å². The van der Waals surface area contributed by atoms with E-state index in [1.165, 1.54) is 56.6 Å². The van der Waals surface area contributed by atoms with Crippen molar-refractivity contribution in [3.8, 4) is 16.9 Å². The molecule has 2 aliphatic heterocycles. The third-order valence-electron chi connectivity index (χ3n) is 6.87. The van der Waals surface area contributed by atoms with Crippen molar-refractivity contribution in [3.05, 3.63) is 71.3 Å². The van der Waals surface area contributed by atoms with Gasteiger partial charge in [0.1, 0.15) is 23.0 Å². The minimum absolute atomic E-state index is 0. The average Bonchev–Trinajstić information content (AvgIpc) is 3.33. The summed E-state index contributed by atoms with van der Waals surface area (Å²) in [4.78, 5) is 25.6. The van der Waals surface area contributed by atoms with Crippen molar-refractivity contribution in [1.29, 1.82) is 0 Å². The first-order valence-corrected chi connectivity index (χ1v) is 13.3. The van der Waals surface area contributed by atoms with Crippen molar-refractivity contribution < 1.29 is 39.9 Å². The molecule has 0 spiro atoms. The van der Waals surface area contributed by atoms with Crippen LogP contribution in [0.4, 0.5) is 13.2 Å². The summed E-state index contributed by atoms with van der Waals surface area (Å²) in [5.74, 6) is -0.875. The van der Waals surface area contributed by atoms with E-state index in [-0.39, 0.29) is 45.5 Å². The normalized spacial score (nSPS) is 18.0. The zero-order chi connectivity index (χ0) is 28.6. The SMILES string of the molecule is CC(C)(OS(=O)(=O)O)c1ncc(-c2cc3c(cc2F)nc2n3[C@@H]3C[C@H]2NC(=O)c2cccc(OC(F)F)c23)cn1.N. The zero-order valence-electron chi connectivity index (χ0n) is 21.5. The summed E-state index contributed by atoms with van der Waals surface area (Å²) in [5.41, 5.74) is -0.0270. The predicted molar refractivity (Wildman–Crippen MR) is 137 cm³/mol. The molecule has 6 rings (SSSR count). The molecule has 0 radical (unpaired) electrons. The largest absolute Gasteiger partial charge is 0.434 e. The smallest absolute Gasteiger partial charge is 0.398 e. The highest BCUT2D eigenvalue weighted by atomic mass is 32.3. The van der Waals surface area contributed by atoms with Crippen LogP contribution in [0.1, 0.15) is 59.9 Å². The lowest BCUT2D eigenvalue weighted by Gasteiger charge is -2.21. The van der Waals surface area contributed by atoms with Crippen LogP contribution >= 0.6 is 0 Å². The lowest BCUT2D eigenvalue weighted by atomic mass is 9.97. The highest BCUT2D eigenvalue weighted by Gasteiger charge is 2.42. The molecule has 2 bridgehead atoms. The molecule has 41 heavy (non-hydrogen) atoms. The number of hydrogen-bond acceptors (Lipinski definition) is 9. The summed E-state index contributed by atoms with van der Waals surface area (Å²) in [7, 11) is -4.79. The van der Waals surface area contributed by atoms with Gasteiger partial charge in [-0.3, -0.25) is 9.35 Å². The first-order valence-electron chi connectivity index (χ1n) is 11.9. The number of benzene rings is 2. The molecule has 0 fully saturated rings. The Morgan fingerprint density at radius 1 is 1.17 bits per heavy atom. The molecular formula is C25H23F3N6O6S. The van der Waals surface area contributed by atoms with E-state index >= 15 is 4.39 Å². The van der Waals surface area contributed by atoms with E-state index in [1.54, 1.807) is 4.57 Å². The summed E-state index contributed by atoms with van der Waals surface area (Å²) in [5, 5.41) is 2.87. The van der Waals surface area contributed by atoms with Crippen LogP contribution in [0.3, 0.4) is 0 Å². The summed E-state index contributed by atoms with van der Waals surface area (Å²) in [6, 6.07) is 5.94. The Balaban J connectivity index is 0.00000337. The van der Waals surface area contributed by atoms with Gasteiger partial charge in [0.15, 0.2) is 5.82 Å². The van der Waals surface area contributed by atoms with E-state index < -0.39 is 46.4 Å². The lowest BCUT2D eigenvalue weighted by molar-refractivity contribution is -0.0507. The molecule has 4 heterocycles. The fraction of sp³-hybridized carbons (Fsp3) is 0.280. The van der Waals surface area contributed by atoms with Crippen LogP contribution in [0, 0.1) is 5.82 Å². The number of aromatic nitrogens is 4. The maximum Gasteiger partial charge on any atom is 0.398 e. The molecule has 0 saturated carbocycles. The predicted octanol–water partition coefficient (Wildman–Crippen LogP) is 4.23. The van der Waals surface area contributed by atoms with E-state index in [9.17, 15) is 22.0 Å². The van der Waals surface area contributed by atoms with Crippen molar-refractivity contribution in [2.45, 2.75) is 44.6 Å². The number of imidazole rings is 1. The van der Waals surface area contributed by atoms with Crippen LogP contribution in [-0.4, -0.2) is 45.0 Å². The summed E-state index contributed by atoms with van der Waals surface area (Å²) < 4.78 is 84.3. The molecule has 16 heteroatoms. The van der Waals surface area contributed by atoms with Crippen LogP contribution in [0.15, 0.2) is 42.7 Å². The third kappa shape index (κ3) is 4.88. The number of halogens is 3. The number of ether oxygens (including phenoxy) is 1. The molecule has 12 nitrogen and oxygen atoms in total. The van der Waals surface area contributed by atoms with Gasteiger partial charge in [-0.1, -0.05) is 6.07 Å². The zero-order valence-corrected chi connectivity index (χ0v) is 22.3. The van der Waals surface area contributed by atoms with Crippen LogP contribution in [-0.2, 0) is 20.2 Å². The minimum atomic E-state index is -4.79. The molecule has 5 N–H and O–H groups in total. The molecule has 2 atom stereocenters. The molecule has 0 aliphatic carbocycles. The topological polar surface area (TPSA) is 181 Å². The fourth-order valence-electron chi connectivity index (χ4n) is 5.33. The van der Waals surface area contributed by atoms with Crippen molar-refractivity contribution in [3.63, 3.8) is 0 Å². The number of nitrogens with one attached hydrogen (secondary N) is 1. The Labute approximate surface area is 231 Å². The molecule has 2 aromatic carbocycles. The molecule has 0 saturated heterocycles. The van der Waals surface area contributed by atoms with Gasteiger partial charge in [-0.2, -0.15) is 17.2 Å². The molecule has 216 valence electrons. The van der Waals surface area contributed by atoms with Crippen LogP contribution in [0.25, 0.3) is 22.2 Å². The number of carbonyl (C=O) groups is 1. The van der Waals surface area contributed by atoms with Crippen molar-refractivity contribution in [1.82, 2.24) is 31.0 Å². The first kappa shape index (κ1) is 28.4. The molecule has 2 aromatic heterocycles. The van der Waals surface area contributed by atoms with Gasteiger partial charge in [-0.05, 0) is 38.5 Å². The standard InChI is InChI=1S/C25H20F3N5O6S.H3N/c1-25(2,39-40(35,36)37)23-29-9-11(10-30-23)13-6-17-15(7-14(13)26)31-21-16-8-18(33(17)21)20-12(22(34)32-16)4-3-5-19(20)38-24(27)28;/h3-7,9-10,16,18,24H,8H2,1-2H3,(H,32,34)(H,35,36,37);1H3/t16-,18-;/m1./s1. The van der Waals surface area contributed by atoms with Crippen molar-refractivity contribution in [2.24, 2.45) is 0 Å². The second kappa shape index (κ2) is 9.76. The maximum absolute atomic E-state index is 15.3. The minimum Gasteiger partial charge on any atom is -0.434 e. The van der Waals surface area contributed by atoms with Gasteiger partial charge in [-0.15, -0.1) is 0 Å². The lowest BCUT2D eigenvalue weighted by Crippen LogP contribution is -2.28. The van der Waals surface area contributed by atoms with Gasteiger partial charge in [0.05, 0.1) is 23.1 Å². The van der Waals surface area contributed by atoms with Gasteiger partial charge < -0.3 is 20.8 Å². The second-order valence-corrected chi connectivity index (χ2v) is 10.9. The Morgan fingerprint density at radius 3 is 2.54 bits per heavy atom. The Hall–Kier alpha value is -4.12. The first-order chi connectivity index (χ1) is 18.8. The number of fused-ring (bicyclic) bond motifs is 9. The van der Waals surface area contributed by atoms with E-state index in [1.807, 2.05) is 0 Å². The van der Waals surface area contributed by atoms with Gasteiger partial charge in [0, 0.05) is 40.7 Å². The Kier molecular flexibility index (Phi) is 6.76. The Bertz CT molecular complexity index is 1800. The van der Waals surface area contributed by atoms with E-state index in [4.69, 9.17) is 9.29 Å². The van der Waals surface area contributed by atoms with Crippen LogP contribution < -0.4 is 16.2 Å². The van der Waals surface area contributed by atoms with Crippen molar-refractivity contribution in [2.75, 3.05) is 0 Å². The summed E-state index contributed by atoms with van der Waals surface area (Å²) in [6.07, 6.45) is 2.88. The van der Waals surface area contributed by atoms with E-state index in [0.29, 0.717) is 17.8 Å². The number of nitrogens with zero attached hydrogens (tertiary/aromatic N) is 4. The number of rotatable bonds is 6. The van der Waals surface area contributed by atoms with Gasteiger partial charge in [0.2, 0.25) is 0 Å². The average molecular weight is 593 g/mol. The fourth-order valence-corrected chi connectivity index (χ4v) is 5.93. The summed E-state index contributed by atoms with van der Waals surface area (Å²) >= 11 is 0. The van der Waals surface area contributed by atoms with E-state index in [0.717, 1.165) is 0 Å². The second-order valence-electron chi connectivity index (χ2n) is 9.85. The summed E-state index contributed by atoms with van der Waals surface area (Å²) in [6.45, 7) is -0.437. The third-order valence-corrected chi connectivity index (χ3v) is 7.50. The molecule has 4 aromatic rings. The molecule has 1 amide bonds. The van der Waals surface area contributed by atoms with Gasteiger partial charge in [-0.25, -0.2) is 23.5 Å². The Morgan fingerprint density at radius 2 is 1.88 bits per heavy atom. The number of amides is 1. The highest BCUT2D eigenvalue weighted by Crippen LogP contribution is 2.48. The van der Waals surface area contributed by atoms with Crippen LogP contribution in [0.2, 0.25) is 0 Å². The van der Waals surface area contributed by atoms with E-state index in [2.05, 4.69) is 24.5 Å². The highest BCUT2D eigenvalue weighted by molar-refractivity contribution is 7.80. The number of hydrogen-bond donors (Lipinski definition) is 3. The molecule has 2 aliphatic rings.